The topological polar surface area (TPSA) is 30.5 Å². The molecule has 0 amide bonds. The van der Waals surface area contributed by atoms with E-state index in [0.717, 1.165) is 10.2 Å². The summed E-state index contributed by atoms with van der Waals surface area (Å²) in [4.78, 5) is 0. The lowest BCUT2D eigenvalue weighted by Crippen LogP contribution is -2.39. The van der Waals surface area contributed by atoms with Crippen molar-refractivity contribution in [2.24, 2.45) is 0 Å². The van der Waals surface area contributed by atoms with Gasteiger partial charge < -0.3 is 10.6 Å². The van der Waals surface area contributed by atoms with E-state index in [1.165, 1.54) is 0 Å². The van der Waals surface area contributed by atoms with Crippen LogP contribution in [0, 0.1) is 0 Å². The highest BCUT2D eigenvalue weighted by molar-refractivity contribution is 7.80. The molecule has 2 N–H and O–H groups in total. The van der Waals surface area contributed by atoms with Crippen molar-refractivity contribution in [2.75, 3.05) is 0 Å². The summed E-state index contributed by atoms with van der Waals surface area (Å²) < 4.78 is 0. The molecule has 0 aromatic heterocycles. The molecule has 2 atom stereocenters. The van der Waals surface area contributed by atoms with Gasteiger partial charge in [0.1, 0.15) is 12.3 Å². The Balaban J connectivity index is 2.32. The van der Waals surface area contributed by atoms with Crippen LogP contribution in [0.4, 0.5) is 0 Å². The Morgan fingerprint density at radius 3 is 1.67 bits per heavy atom. The summed E-state index contributed by atoms with van der Waals surface area (Å²) in [5, 5.41) is 11.7. The van der Waals surface area contributed by atoms with Crippen molar-refractivity contribution in [1.29, 1.82) is 0 Å². The van der Waals surface area contributed by atoms with Crippen LogP contribution in [0.5, 0.6) is 0 Å². The molecule has 0 aromatic carbocycles. The SMILES string of the molecule is C[C@@H]1NC(=S)N2[C@@H](C)NC(=S)N12. The highest BCUT2D eigenvalue weighted by Crippen LogP contribution is 2.20. The van der Waals surface area contributed by atoms with Gasteiger partial charge in [0.05, 0.1) is 0 Å². The van der Waals surface area contributed by atoms with Gasteiger partial charge in [0, 0.05) is 0 Å². The van der Waals surface area contributed by atoms with Crippen molar-refractivity contribution in [3.63, 3.8) is 0 Å². The lowest BCUT2D eigenvalue weighted by atomic mass is 10.5. The van der Waals surface area contributed by atoms with Gasteiger partial charge in [0.2, 0.25) is 0 Å². The highest BCUT2D eigenvalue weighted by Gasteiger charge is 2.42. The smallest absolute Gasteiger partial charge is 0.191 e. The van der Waals surface area contributed by atoms with Crippen LogP contribution in [-0.4, -0.2) is 32.6 Å². The third-order valence-corrected chi connectivity index (χ3v) is 2.66. The monoisotopic (exact) mass is 202 g/mol. The second kappa shape index (κ2) is 2.43. The molecule has 0 aliphatic carbocycles. The molecule has 2 fully saturated rings. The maximum Gasteiger partial charge on any atom is 0.191 e. The molecule has 2 aliphatic heterocycles. The first kappa shape index (κ1) is 8.00. The molecule has 6 heteroatoms. The number of nitrogens with one attached hydrogen (secondary N) is 2. The van der Waals surface area contributed by atoms with Gasteiger partial charge in [0.15, 0.2) is 10.2 Å². The second-order valence-corrected chi connectivity index (χ2v) is 3.71. The van der Waals surface area contributed by atoms with E-state index < -0.39 is 0 Å². The molecule has 0 bridgehead atoms. The van der Waals surface area contributed by atoms with Crippen LogP contribution in [-0.2, 0) is 0 Å². The summed E-state index contributed by atoms with van der Waals surface area (Å²) in [6.07, 6.45) is 0.338. The van der Waals surface area contributed by atoms with Gasteiger partial charge in [0.25, 0.3) is 0 Å². The Kier molecular flexibility index (Phi) is 1.62. The Morgan fingerprint density at radius 2 is 1.33 bits per heavy atom. The maximum atomic E-state index is 5.14. The van der Waals surface area contributed by atoms with Gasteiger partial charge in [-0.05, 0) is 38.3 Å². The number of nitrogens with zero attached hydrogens (tertiary/aromatic N) is 2. The quantitative estimate of drug-likeness (QED) is 0.537. The van der Waals surface area contributed by atoms with Crippen molar-refractivity contribution in [1.82, 2.24) is 20.7 Å². The van der Waals surface area contributed by atoms with E-state index >= 15 is 0 Å². The normalized spacial score (nSPS) is 33.5. The van der Waals surface area contributed by atoms with E-state index in [2.05, 4.69) is 10.6 Å². The molecule has 0 aromatic rings. The summed E-state index contributed by atoms with van der Waals surface area (Å²) in [5.74, 6) is 0. The molecule has 0 unspecified atom stereocenters. The average molecular weight is 202 g/mol. The van der Waals surface area contributed by atoms with Crippen molar-refractivity contribution in [2.45, 2.75) is 26.2 Å². The average Bonchev–Trinajstić information content (AvgIpc) is 2.38. The summed E-state index contributed by atoms with van der Waals surface area (Å²) in [7, 11) is 0. The third-order valence-electron chi connectivity index (χ3n) is 2.05. The van der Waals surface area contributed by atoms with Crippen LogP contribution < -0.4 is 10.6 Å². The lowest BCUT2D eigenvalue weighted by molar-refractivity contribution is 0.129. The molecule has 0 spiro atoms. The van der Waals surface area contributed by atoms with Crippen molar-refractivity contribution in [3.8, 4) is 0 Å². The van der Waals surface area contributed by atoms with Gasteiger partial charge in [-0.15, -0.1) is 0 Å². The van der Waals surface area contributed by atoms with Crippen LogP contribution in [0.1, 0.15) is 13.8 Å². The zero-order chi connectivity index (χ0) is 8.88. The maximum absolute atomic E-state index is 5.14. The van der Waals surface area contributed by atoms with Crippen molar-refractivity contribution >= 4 is 34.7 Å². The standard InChI is InChI=1S/C6H10N4S2/c1-3-7-5(11)10-4(2)8-6(12)9(3)10/h3-4H,1-2H3,(H,7,11)(H,8,12)/t3-,4+. The Morgan fingerprint density at radius 1 is 1.00 bits per heavy atom. The second-order valence-electron chi connectivity index (χ2n) is 2.94. The molecule has 2 aliphatic rings. The Hall–Kier alpha value is -0.620. The largest absolute Gasteiger partial charge is 0.340 e. The first-order valence-corrected chi connectivity index (χ1v) is 4.62. The first-order valence-electron chi connectivity index (χ1n) is 3.80. The van der Waals surface area contributed by atoms with Crippen LogP contribution in [0.15, 0.2) is 0 Å². The van der Waals surface area contributed by atoms with Crippen LogP contribution in [0.2, 0.25) is 0 Å². The Labute approximate surface area is 81.9 Å². The van der Waals surface area contributed by atoms with Crippen LogP contribution >= 0.6 is 24.4 Å². The minimum Gasteiger partial charge on any atom is -0.340 e. The molecule has 4 nitrogen and oxygen atoms in total. The molecule has 12 heavy (non-hydrogen) atoms. The van der Waals surface area contributed by atoms with Crippen molar-refractivity contribution < 1.29 is 0 Å². The zero-order valence-corrected chi connectivity index (χ0v) is 8.50. The number of fused-ring (bicyclic) bond motifs is 1. The minimum absolute atomic E-state index is 0.169. The van der Waals surface area contributed by atoms with E-state index in [0.29, 0.717) is 0 Å². The molecule has 2 saturated heterocycles. The first-order chi connectivity index (χ1) is 5.61. The van der Waals surface area contributed by atoms with Gasteiger partial charge in [-0.25, -0.2) is 10.0 Å². The van der Waals surface area contributed by atoms with E-state index in [9.17, 15) is 0 Å². The van der Waals surface area contributed by atoms with E-state index in [1.54, 1.807) is 0 Å². The number of thiocarbonyl (C=S) groups is 2. The molecule has 0 radical (unpaired) electrons. The fraction of sp³-hybridized carbons (Fsp3) is 0.667. The lowest BCUT2D eigenvalue weighted by Gasteiger charge is -2.22. The zero-order valence-electron chi connectivity index (χ0n) is 6.87. The fourth-order valence-corrected chi connectivity index (χ4v) is 2.37. The minimum atomic E-state index is 0.169. The molecule has 0 saturated carbocycles. The predicted molar refractivity (Wildman–Crippen MR) is 54.1 cm³/mol. The van der Waals surface area contributed by atoms with Gasteiger partial charge in [-0.2, -0.15) is 0 Å². The van der Waals surface area contributed by atoms with Crippen LogP contribution in [0.25, 0.3) is 0 Å². The molecule has 2 rings (SSSR count). The molecule has 66 valence electrons. The highest BCUT2D eigenvalue weighted by atomic mass is 32.1. The molecular weight excluding hydrogens is 192 g/mol. The number of hydrogen-bond donors (Lipinski definition) is 2. The predicted octanol–water partition coefficient (Wildman–Crippen LogP) is -0.0264. The number of hydrazine groups is 1. The summed E-state index contributed by atoms with van der Waals surface area (Å²) in [6.45, 7) is 4.05. The number of rotatable bonds is 0. The fourth-order valence-electron chi connectivity index (χ4n) is 1.53. The van der Waals surface area contributed by atoms with E-state index in [4.69, 9.17) is 24.4 Å². The summed E-state index contributed by atoms with van der Waals surface area (Å²) in [6, 6.07) is 0. The Bertz CT molecular complexity index is 228. The van der Waals surface area contributed by atoms with Gasteiger partial charge in [-0.1, -0.05) is 0 Å². The number of hydrogen-bond acceptors (Lipinski definition) is 2. The molecule has 2 heterocycles. The van der Waals surface area contributed by atoms with Crippen molar-refractivity contribution in [3.05, 3.63) is 0 Å². The van der Waals surface area contributed by atoms with E-state index in [-0.39, 0.29) is 12.3 Å². The van der Waals surface area contributed by atoms with Gasteiger partial charge in [-0.3, -0.25) is 0 Å². The third kappa shape index (κ3) is 0.879. The van der Waals surface area contributed by atoms with Gasteiger partial charge >= 0.3 is 0 Å². The summed E-state index contributed by atoms with van der Waals surface area (Å²) in [5.41, 5.74) is 0. The van der Waals surface area contributed by atoms with Crippen LogP contribution in [0.3, 0.4) is 0 Å². The molecular formula is C6H10N4S2. The van der Waals surface area contributed by atoms with E-state index in [1.807, 2.05) is 23.9 Å². The summed E-state index contributed by atoms with van der Waals surface area (Å²) >= 11 is 10.3.